The van der Waals surface area contributed by atoms with E-state index in [2.05, 4.69) is 11.9 Å². The van der Waals surface area contributed by atoms with Crippen molar-refractivity contribution in [3.8, 4) is 5.75 Å². The highest BCUT2D eigenvalue weighted by Crippen LogP contribution is 2.32. The number of para-hydroxylation sites is 1. The van der Waals surface area contributed by atoms with Crippen molar-refractivity contribution in [1.82, 2.24) is 4.90 Å². The molecule has 0 unspecified atom stereocenters. The summed E-state index contributed by atoms with van der Waals surface area (Å²) in [6.07, 6.45) is 3.17. The number of ether oxygens (including phenoxy) is 1. The maximum atomic E-state index is 12.2. The van der Waals surface area contributed by atoms with Gasteiger partial charge in [-0.1, -0.05) is 36.4 Å². The van der Waals surface area contributed by atoms with E-state index in [1.54, 1.807) is 42.5 Å². The van der Waals surface area contributed by atoms with E-state index in [0.717, 1.165) is 22.2 Å². The van der Waals surface area contributed by atoms with Crippen LogP contribution in [0.2, 0.25) is 0 Å². The molecule has 7 heteroatoms. The third-order valence-corrected chi connectivity index (χ3v) is 4.70. The maximum absolute atomic E-state index is 12.2. The van der Waals surface area contributed by atoms with E-state index in [4.69, 9.17) is 4.74 Å². The lowest BCUT2D eigenvalue weighted by Crippen LogP contribution is -2.27. The smallest absolute Gasteiger partial charge is 0.293 e. The zero-order valence-electron chi connectivity index (χ0n) is 15.0. The van der Waals surface area contributed by atoms with E-state index >= 15 is 0 Å². The van der Waals surface area contributed by atoms with Gasteiger partial charge in [0.25, 0.3) is 17.1 Å². The van der Waals surface area contributed by atoms with Gasteiger partial charge < -0.3 is 10.1 Å². The van der Waals surface area contributed by atoms with Gasteiger partial charge in [-0.05, 0) is 47.7 Å². The van der Waals surface area contributed by atoms with Gasteiger partial charge in [0.15, 0.2) is 6.61 Å². The standard InChI is InChI=1S/C21H18N2O4S/c1-2-12-23-20(25)18(28-21(23)26)13-15-8-10-17(11-9-15)27-14-19(24)22-16-6-4-3-5-7-16/h2-11,13H,1,12,14H2,(H,22,24). The fourth-order valence-corrected chi connectivity index (χ4v) is 3.31. The maximum Gasteiger partial charge on any atom is 0.293 e. The molecule has 0 saturated carbocycles. The van der Waals surface area contributed by atoms with E-state index in [0.29, 0.717) is 16.3 Å². The Morgan fingerprint density at radius 3 is 2.50 bits per heavy atom. The second kappa shape index (κ2) is 9.05. The molecular weight excluding hydrogens is 376 g/mol. The molecule has 0 radical (unpaired) electrons. The lowest BCUT2D eigenvalue weighted by Gasteiger charge is -2.08. The van der Waals surface area contributed by atoms with Crippen molar-refractivity contribution in [1.29, 1.82) is 0 Å². The first-order valence-corrected chi connectivity index (χ1v) is 9.32. The molecule has 0 atom stereocenters. The van der Waals surface area contributed by atoms with Crippen LogP contribution in [0.15, 0.2) is 72.2 Å². The second-order valence-electron chi connectivity index (χ2n) is 5.85. The molecular formula is C21H18N2O4S. The average molecular weight is 394 g/mol. The Morgan fingerprint density at radius 1 is 1.11 bits per heavy atom. The Kier molecular flexibility index (Phi) is 6.29. The van der Waals surface area contributed by atoms with Crippen LogP contribution in [0.5, 0.6) is 5.75 Å². The topological polar surface area (TPSA) is 75.7 Å². The predicted octanol–water partition coefficient (Wildman–Crippen LogP) is 3.93. The molecule has 6 nitrogen and oxygen atoms in total. The molecule has 2 aromatic carbocycles. The van der Waals surface area contributed by atoms with Gasteiger partial charge >= 0.3 is 0 Å². The number of carbonyl (C=O) groups is 3. The van der Waals surface area contributed by atoms with Crippen LogP contribution in [-0.2, 0) is 9.59 Å². The van der Waals surface area contributed by atoms with Gasteiger partial charge in [-0.25, -0.2) is 0 Å². The van der Waals surface area contributed by atoms with Crippen LogP contribution in [-0.4, -0.2) is 35.1 Å². The van der Waals surface area contributed by atoms with Crippen molar-refractivity contribution in [2.24, 2.45) is 0 Å². The zero-order chi connectivity index (χ0) is 19.9. The fourth-order valence-electron chi connectivity index (χ4n) is 2.47. The Bertz CT molecular complexity index is 923. The van der Waals surface area contributed by atoms with Crippen molar-refractivity contribution >= 4 is 40.6 Å². The van der Waals surface area contributed by atoms with E-state index in [-0.39, 0.29) is 30.2 Å². The molecule has 3 rings (SSSR count). The molecule has 1 heterocycles. The molecule has 0 bridgehead atoms. The van der Waals surface area contributed by atoms with Crippen molar-refractivity contribution < 1.29 is 19.1 Å². The average Bonchev–Trinajstić information content (AvgIpc) is 2.96. The second-order valence-corrected chi connectivity index (χ2v) is 6.85. The summed E-state index contributed by atoms with van der Waals surface area (Å²) < 4.78 is 5.47. The van der Waals surface area contributed by atoms with Crippen molar-refractivity contribution in [3.05, 3.63) is 77.7 Å². The Hall–Kier alpha value is -3.32. The fraction of sp³-hybridized carbons (Fsp3) is 0.0952. The van der Waals surface area contributed by atoms with E-state index in [1.165, 1.54) is 6.08 Å². The first-order valence-electron chi connectivity index (χ1n) is 8.51. The molecule has 1 N–H and O–H groups in total. The number of nitrogens with one attached hydrogen (secondary N) is 1. The normalized spacial score (nSPS) is 15.0. The summed E-state index contributed by atoms with van der Waals surface area (Å²) in [4.78, 5) is 37.4. The minimum absolute atomic E-state index is 0.116. The molecule has 3 amide bonds. The summed E-state index contributed by atoms with van der Waals surface area (Å²) in [6.45, 7) is 3.63. The molecule has 0 spiro atoms. The monoisotopic (exact) mass is 394 g/mol. The number of hydrogen-bond donors (Lipinski definition) is 1. The largest absolute Gasteiger partial charge is 0.484 e. The summed E-state index contributed by atoms with van der Waals surface area (Å²) in [5, 5.41) is 2.43. The summed E-state index contributed by atoms with van der Waals surface area (Å²) >= 11 is 0.902. The minimum Gasteiger partial charge on any atom is -0.484 e. The Morgan fingerprint density at radius 2 is 1.82 bits per heavy atom. The van der Waals surface area contributed by atoms with Crippen LogP contribution in [0, 0.1) is 0 Å². The number of thioether (sulfide) groups is 1. The Balaban J connectivity index is 1.56. The molecule has 0 aliphatic carbocycles. The van der Waals surface area contributed by atoms with Gasteiger partial charge in [-0.2, -0.15) is 0 Å². The van der Waals surface area contributed by atoms with Gasteiger partial charge in [0.1, 0.15) is 5.75 Å². The number of nitrogens with zero attached hydrogens (tertiary/aromatic N) is 1. The van der Waals surface area contributed by atoms with E-state index < -0.39 is 0 Å². The number of rotatable bonds is 7. The van der Waals surface area contributed by atoms with Crippen LogP contribution >= 0.6 is 11.8 Å². The summed E-state index contributed by atoms with van der Waals surface area (Å²) in [5.41, 5.74) is 1.46. The lowest BCUT2D eigenvalue weighted by atomic mass is 10.2. The molecule has 1 fully saturated rings. The van der Waals surface area contributed by atoms with E-state index in [1.807, 2.05) is 18.2 Å². The number of imide groups is 1. The number of amides is 3. The van der Waals surface area contributed by atoms with Crippen LogP contribution in [0.4, 0.5) is 10.5 Å². The number of anilines is 1. The number of carbonyl (C=O) groups excluding carboxylic acids is 3. The highest BCUT2D eigenvalue weighted by molar-refractivity contribution is 8.18. The van der Waals surface area contributed by atoms with Gasteiger partial charge in [0, 0.05) is 12.2 Å². The third-order valence-electron chi connectivity index (χ3n) is 3.79. The van der Waals surface area contributed by atoms with Crippen molar-refractivity contribution in [2.75, 3.05) is 18.5 Å². The first-order chi connectivity index (χ1) is 13.6. The van der Waals surface area contributed by atoms with Gasteiger partial charge in [0.2, 0.25) is 0 Å². The molecule has 1 aliphatic rings. The molecule has 1 aliphatic heterocycles. The van der Waals surface area contributed by atoms with Crippen LogP contribution < -0.4 is 10.1 Å². The summed E-state index contributed by atoms with van der Waals surface area (Å²) in [6, 6.07) is 16.0. The number of hydrogen-bond acceptors (Lipinski definition) is 5. The van der Waals surface area contributed by atoms with Gasteiger partial charge in [-0.3, -0.25) is 19.3 Å². The quantitative estimate of drug-likeness (QED) is 0.569. The van der Waals surface area contributed by atoms with Crippen LogP contribution in [0.3, 0.4) is 0 Å². The van der Waals surface area contributed by atoms with E-state index in [9.17, 15) is 14.4 Å². The molecule has 28 heavy (non-hydrogen) atoms. The first kappa shape index (κ1) is 19.4. The van der Waals surface area contributed by atoms with Crippen LogP contribution in [0.1, 0.15) is 5.56 Å². The number of benzene rings is 2. The molecule has 1 saturated heterocycles. The lowest BCUT2D eigenvalue weighted by molar-refractivity contribution is -0.122. The minimum atomic E-state index is -0.326. The SMILES string of the molecule is C=CCN1C(=O)SC(=Cc2ccc(OCC(=O)Nc3ccccc3)cc2)C1=O. The van der Waals surface area contributed by atoms with Crippen molar-refractivity contribution in [2.45, 2.75) is 0 Å². The predicted molar refractivity (Wildman–Crippen MR) is 110 cm³/mol. The Labute approximate surface area is 166 Å². The highest BCUT2D eigenvalue weighted by Gasteiger charge is 2.33. The van der Waals surface area contributed by atoms with Gasteiger partial charge in [-0.15, -0.1) is 6.58 Å². The molecule has 2 aromatic rings. The highest BCUT2D eigenvalue weighted by atomic mass is 32.2. The summed E-state index contributed by atoms with van der Waals surface area (Å²) in [7, 11) is 0. The summed E-state index contributed by atoms with van der Waals surface area (Å²) in [5.74, 6) is -0.0564. The zero-order valence-corrected chi connectivity index (χ0v) is 15.8. The molecule has 0 aromatic heterocycles. The molecule has 142 valence electrons. The van der Waals surface area contributed by atoms with Gasteiger partial charge in [0.05, 0.1) is 4.91 Å². The van der Waals surface area contributed by atoms with Crippen LogP contribution in [0.25, 0.3) is 6.08 Å². The van der Waals surface area contributed by atoms with Crippen molar-refractivity contribution in [3.63, 3.8) is 0 Å². The third kappa shape index (κ3) is 4.89.